The van der Waals surface area contributed by atoms with Crippen LogP contribution in [0.15, 0.2) is 81.7 Å². The summed E-state index contributed by atoms with van der Waals surface area (Å²) in [5, 5.41) is 3.79. The smallest absolute Gasteiger partial charge is 0.311 e. The van der Waals surface area contributed by atoms with E-state index in [4.69, 9.17) is 9.47 Å². The monoisotopic (exact) mass is 644 g/mol. The van der Waals surface area contributed by atoms with Gasteiger partial charge < -0.3 is 9.47 Å². The summed E-state index contributed by atoms with van der Waals surface area (Å²) in [4.78, 5) is 25.6. The molecular weight excluding hydrogens is 624 g/mol. The molecular formula is C28H22Br2O6S. The molecule has 37 heavy (non-hydrogen) atoms. The van der Waals surface area contributed by atoms with Crippen molar-refractivity contribution < 1.29 is 27.5 Å². The van der Waals surface area contributed by atoms with Crippen molar-refractivity contribution in [1.82, 2.24) is 0 Å². The predicted molar refractivity (Wildman–Crippen MR) is 149 cm³/mol. The van der Waals surface area contributed by atoms with Gasteiger partial charge >= 0.3 is 11.9 Å². The van der Waals surface area contributed by atoms with Crippen molar-refractivity contribution in [2.75, 3.05) is 11.5 Å². The van der Waals surface area contributed by atoms with Crippen molar-refractivity contribution in [2.45, 2.75) is 12.8 Å². The van der Waals surface area contributed by atoms with Crippen molar-refractivity contribution in [3.63, 3.8) is 0 Å². The Hall–Kier alpha value is -2.75. The highest BCUT2D eigenvalue weighted by Gasteiger charge is 2.40. The molecule has 1 fully saturated rings. The molecule has 9 heteroatoms. The topological polar surface area (TPSA) is 86.7 Å². The first-order chi connectivity index (χ1) is 17.7. The lowest BCUT2D eigenvalue weighted by Gasteiger charge is -2.17. The Morgan fingerprint density at radius 3 is 1.51 bits per heavy atom. The van der Waals surface area contributed by atoms with Crippen molar-refractivity contribution in [3.8, 4) is 11.5 Å². The van der Waals surface area contributed by atoms with Gasteiger partial charge in [0.15, 0.2) is 9.84 Å². The predicted octanol–water partition coefficient (Wildman–Crippen LogP) is 6.47. The lowest BCUT2D eigenvalue weighted by atomic mass is 9.90. The summed E-state index contributed by atoms with van der Waals surface area (Å²) in [5.41, 5.74) is 0. The molecule has 1 aliphatic heterocycles. The fraction of sp³-hybridized carbons (Fsp3) is 0.214. The Bertz CT molecular complexity index is 1520. The number of halogens is 2. The molecule has 0 bridgehead atoms. The fourth-order valence-electron chi connectivity index (χ4n) is 4.79. The molecule has 0 spiro atoms. The number of carbonyl (C=O) groups excluding carboxylic acids is 2. The van der Waals surface area contributed by atoms with Gasteiger partial charge in [-0.15, -0.1) is 0 Å². The van der Waals surface area contributed by atoms with Gasteiger partial charge in [0.05, 0.1) is 33.3 Å². The van der Waals surface area contributed by atoms with E-state index in [9.17, 15) is 18.0 Å². The second kappa shape index (κ2) is 10.6. The van der Waals surface area contributed by atoms with Gasteiger partial charge in [0, 0.05) is 0 Å². The molecule has 2 atom stereocenters. The van der Waals surface area contributed by atoms with E-state index in [1.54, 1.807) is 12.1 Å². The molecule has 1 aliphatic rings. The van der Waals surface area contributed by atoms with Crippen LogP contribution in [-0.4, -0.2) is 31.9 Å². The molecule has 0 unspecified atom stereocenters. The van der Waals surface area contributed by atoms with Gasteiger partial charge in [-0.25, -0.2) is 8.42 Å². The molecule has 0 aromatic heterocycles. The van der Waals surface area contributed by atoms with Crippen LogP contribution < -0.4 is 9.47 Å². The number of rotatable bonds is 6. The van der Waals surface area contributed by atoms with Crippen molar-refractivity contribution in [1.29, 1.82) is 0 Å². The highest BCUT2D eigenvalue weighted by Crippen LogP contribution is 2.37. The summed E-state index contributed by atoms with van der Waals surface area (Å²) in [6.07, 6.45) is -0.230. The standard InChI is InChI=1S/C28H22Br2O6S/c29-27-21-7-3-1-5-17(21)9-11-23(27)35-25(31)13-19-15-37(33,34)16-20(19)14-26(32)36-24-12-10-18-6-2-4-8-22(18)28(24)30/h1-12,19-20H,13-16H2/t19-,20-/m0/s1. The molecule has 1 saturated heterocycles. The molecule has 4 aromatic rings. The number of esters is 2. The third-order valence-corrected chi connectivity index (χ3v) is 10.1. The van der Waals surface area contributed by atoms with Gasteiger partial charge in [0.2, 0.25) is 0 Å². The average molecular weight is 646 g/mol. The Labute approximate surface area is 231 Å². The van der Waals surface area contributed by atoms with E-state index in [0.29, 0.717) is 20.4 Å². The van der Waals surface area contributed by atoms with Crippen LogP contribution in [0.5, 0.6) is 11.5 Å². The van der Waals surface area contributed by atoms with Crippen LogP contribution in [0, 0.1) is 11.8 Å². The van der Waals surface area contributed by atoms with Crippen LogP contribution in [0.4, 0.5) is 0 Å². The zero-order valence-corrected chi connectivity index (χ0v) is 23.5. The lowest BCUT2D eigenvalue weighted by molar-refractivity contribution is -0.138. The van der Waals surface area contributed by atoms with E-state index in [1.165, 1.54) is 0 Å². The number of ether oxygens (including phenoxy) is 2. The van der Waals surface area contributed by atoms with Gasteiger partial charge in [-0.2, -0.15) is 0 Å². The summed E-state index contributed by atoms with van der Waals surface area (Å²) in [7, 11) is -3.39. The quantitative estimate of drug-likeness (QED) is 0.176. The van der Waals surface area contributed by atoms with Gasteiger partial charge in [0.1, 0.15) is 11.5 Å². The Morgan fingerprint density at radius 1 is 0.676 bits per heavy atom. The van der Waals surface area contributed by atoms with Crippen LogP contribution in [0.2, 0.25) is 0 Å². The third-order valence-electron chi connectivity index (χ3n) is 6.56. The van der Waals surface area contributed by atoms with Gasteiger partial charge in [0.25, 0.3) is 0 Å². The second-order valence-corrected chi connectivity index (χ2v) is 12.9. The van der Waals surface area contributed by atoms with Crippen molar-refractivity contribution in [3.05, 3.63) is 81.7 Å². The minimum Gasteiger partial charge on any atom is -0.425 e. The lowest BCUT2D eigenvalue weighted by Crippen LogP contribution is -2.23. The van der Waals surface area contributed by atoms with Gasteiger partial charge in [-0.05, 0) is 77.4 Å². The summed E-state index contributed by atoms with van der Waals surface area (Å²) in [6.45, 7) is 0. The first-order valence-electron chi connectivity index (χ1n) is 11.7. The van der Waals surface area contributed by atoms with Gasteiger partial charge in [-0.1, -0.05) is 60.7 Å². The Kier molecular flexibility index (Phi) is 7.38. The molecule has 1 heterocycles. The summed E-state index contributed by atoms with van der Waals surface area (Å²) < 4.78 is 37.3. The van der Waals surface area contributed by atoms with Crippen LogP contribution >= 0.6 is 31.9 Å². The number of hydrogen-bond donors (Lipinski definition) is 0. The number of benzene rings is 4. The van der Waals surface area contributed by atoms with E-state index in [2.05, 4.69) is 31.9 Å². The Balaban J connectivity index is 1.27. The van der Waals surface area contributed by atoms with Crippen LogP contribution in [0.1, 0.15) is 12.8 Å². The molecule has 6 nitrogen and oxygen atoms in total. The van der Waals surface area contributed by atoms with E-state index < -0.39 is 33.6 Å². The Morgan fingerprint density at radius 2 is 1.08 bits per heavy atom. The molecule has 0 aliphatic carbocycles. The molecule has 0 radical (unpaired) electrons. The molecule has 4 aromatic carbocycles. The van der Waals surface area contributed by atoms with E-state index in [0.717, 1.165) is 21.5 Å². The maximum atomic E-state index is 12.8. The van der Waals surface area contributed by atoms with E-state index in [1.807, 2.05) is 60.7 Å². The number of carbonyl (C=O) groups is 2. The third kappa shape index (κ3) is 5.73. The molecule has 0 N–H and O–H groups in total. The first-order valence-corrected chi connectivity index (χ1v) is 15.1. The highest BCUT2D eigenvalue weighted by atomic mass is 79.9. The molecule has 0 saturated carbocycles. The maximum absolute atomic E-state index is 12.8. The maximum Gasteiger partial charge on any atom is 0.311 e. The number of hydrogen-bond acceptors (Lipinski definition) is 6. The van der Waals surface area contributed by atoms with Crippen LogP contribution in [-0.2, 0) is 19.4 Å². The zero-order valence-electron chi connectivity index (χ0n) is 19.5. The largest absolute Gasteiger partial charge is 0.425 e. The minimum absolute atomic E-state index is 0.115. The first kappa shape index (κ1) is 25.9. The van der Waals surface area contributed by atoms with Crippen LogP contribution in [0.25, 0.3) is 21.5 Å². The molecule has 5 rings (SSSR count). The van der Waals surface area contributed by atoms with Gasteiger partial charge in [-0.3, -0.25) is 9.59 Å². The summed E-state index contributed by atoms with van der Waals surface area (Å²) in [5.74, 6) is -1.78. The van der Waals surface area contributed by atoms with Crippen molar-refractivity contribution in [2.24, 2.45) is 11.8 Å². The van der Waals surface area contributed by atoms with Crippen LogP contribution in [0.3, 0.4) is 0 Å². The second-order valence-electron chi connectivity index (χ2n) is 9.15. The number of sulfone groups is 1. The summed E-state index contributed by atoms with van der Waals surface area (Å²) >= 11 is 7.00. The summed E-state index contributed by atoms with van der Waals surface area (Å²) in [6, 6.07) is 22.5. The normalized spacial score (nSPS) is 18.6. The van der Waals surface area contributed by atoms with Crippen molar-refractivity contribution >= 4 is 75.2 Å². The molecule has 190 valence electrons. The zero-order chi connectivity index (χ0) is 26.2. The molecule has 0 amide bonds. The SMILES string of the molecule is O=C(C[C@H]1CS(=O)(=O)C[C@@H]1CC(=O)Oc1ccc2ccccc2c1Br)Oc1ccc2ccccc2c1Br. The highest BCUT2D eigenvalue weighted by molar-refractivity contribution is 9.11. The van der Waals surface area contributed by atoms with E-state index in [-0.39, 0.29) is 24.3 Å². The minimum atomic E-state index is -3.39. The van der Waals surface area contributed by atoms with E-state index >= 15 is 0 Å². The number of fused-ring (bicyclic) bond motifs is 2. The average Bonchev–Trinajstić information content (AvgIpc) is 3.15. The fourth-order valence-corrected chi connectivity index (χ4v) is 8.15.